The molecule has 0 aliphatic heterocycles. The lowest BCUT2D eigenvalue weighted by Crippen LogP contribution is -2.15. The van der Waals surface area contributed by atoms with Crippen molar-refractivity contribution in [3.8, 4) is 0 Å². The summed E-state index contributed by atoms with van der Waals surface area (Å²) in [5, 5.41) is 4.59. The van der Waals surface area contributed by atoms with E-state index in [0.717, 1.165) is 18.6 Å². The van der Waals surface area contributed by atoms with Gasteiger partial charge in [0.1, 0.15) is 0 Å². The Morgan fingerprint density at radius 3 is 2.65 bits per heavy atom. The molecule has 134 valence electrons. The molecule has 0 atom stereocenters. The Labute approximate surface area is 148 Å². The van der Waals surface area contributed by atoms with Gasteiger partial charge in [-0.25, -0.2) is 4.99 Å². The van der Waals surface area contributed by atoms with Gasteiger partial charge in [-0.3, -0.25) is 9.48 Å². The second-order valence-corrected chi connectivity index (χ2v) is 5.83. The highest BCUT2D eigenvalue weighted by molar-refractivity contribution is 5.79. The van der Waals surface area contributed by atoms with Crippen molar-refractivity contribution in [2.45, 2.75) is 25.1 Å². The fourth-order valence-electron chi connectivity index (χ4n) is 2.57. The van der Waals surface area contributed by atoms with E-state index in [4.69, 9.17) is 0 Å². The molecule has 0 saturated heterocycles. The molecule has 0 spiro atoms. The fourth-order valence-corrected chi connectivity index (χ4v) is 2.57. The number of carbonyl (C=O) groups is 1. The molecule has 1 aromatic carbocycles. The van der Waals surface area contributed by atoms with Crippen LogP contribution in [0.15, 0.2) is 72.0 Å². The average molecular weight is 359 g/mol. The van der Waals surface area contributed by atoms with Crippen molar-refractivity contribution in [3.63, 3.8) is 0 Å². The zero-order chi connectivity index (χ0) is 18.6. The minimum atomic E-state index is -4.44. The number of amides is 1. The van der Waals surface area contributed by atoms with Crippen LogP contribution in [-0.4, -0.2) is 15.7 Å². The second-order valence-electron chi connectivity index (χ2n) is 5.83. The molecule has 2 aromatic rings. The molecule has 0 N–H and O–H groups in total. The number of halogens is 3. The largest absolute Gasteiger partial charge is 0.416 e. The molecule has 1 heterocycles. The van der Waals surface area contributed by atoms with E-state index in [9.17, 15) is 18.0 Å². The summed E-state index contributed by atoms with van der Waals surface area (Å²) in [4.78, 5) is 15.9. The number of benzene rings is 1. The fraction of sp³-hybridized carbons (Fsp3) is 0.211. The normalized spacial score (nSPS) is 15.4. The van der Waals surface area contributed by atoms with Gasteiger partial charge in [0.15, 0.2) is 0 Å². The molecular weight excluding hydrogens is 343 g/mol. The van der Waals surface area contributed by atoms with Crippen LogP contribution in [0.25, 0.3) is 0 Å². The van der Waals surface area contributed by atoms with Crippen LogP contribution in [0.5, 0.6) is 0 Å². The number of carbonyl (C=O) groups excluding carboxylic acids is 1. The number of hydrogen-bond donors (Lipinski definition) is 0. The number of aromatic nitrogens is 2. The maximum Gasteiger partial charge on any atom is 0.416 e. The van der Waals surface area contributed by atoms with E-state index in [1.54, 1.807) is 16.9 Å². The third-order valence-corrected chi connectivity index (χ3v) is 3.83. The zero-order valence-electron chi connectivity index (χ0n) is 13.7. The van der Waals surface area contributed by atoms with Gasteiger partial charge in [-0.15, -0.1) is 0 Å². The summed E-state index contributed by atoms with van der Waals surface area (Å²) in [6.45, 7) is 0. The van der Waals surface area contributed by atoms with Gasteiger partial charge in [-0.1, -0.05) is 42.5 Å². The highest BCUT2D eigenvalue weighted by Crippen LogP contribution is 2.29. The van der Waals surface area contributed by atoms with E-state index < -0.39 is 17.6 Å². The molecule has 1 amide bonds. The molecule has 1 aliphatic rings. The molecule has 4 nitrogen and oxygen atoms in total. The van der Waals surface area contributed by atoms with Crippen LogP contribution in [-0.2, 0) is 17.4 Å². The van der Waals surface area contributed by atoms with Crippen LogP contribution < -0.4 is 5.36 Å². The Balaban J connectivity index is 1.72. The van der Waals surface area contributed by atoms with Gasteiger partial charge in [-0.2, -0.15) is 18.3 Å². The first-order chi connectivity index (χ1) is 12.4. The molecule has 1 aromatic heterocycles. The lowest BCUT2D eigenvalue weighted by molar-refractivity contribution is -0.137. The molecule has 1 aliphatic carbocycles. The van der Waals surface area contributed by atoms with Gasteiger partial charge >= 0.3 is 6.18 Å². The maximum atomic E-state index is 12.7. The molecular formula is C19H16F3N3O. The van der Waals surface area contributed by atoms with Crippen LogP contribution in [0, 0.1) is 0 Å². The summed E-state index contributed by atoms with van der Waals surface area (Å²) in [5.74, 6) is -0.527. The van der Waals surface area contributed by atoms with Crippen molar-refractivity contribution >= 4 is 5.91 Å². The van der Waals surface area contributed by atoms with Crippen molar-refractivity contribution in [2.75, 3.05) is 0 Å². The first kappa shape index (κ1) is 17.8. The molecule has 0 fully saturated rings. The van der Waals surface area contributed by atoms with E-state index in [1.807, 2.05) is 24.3 Å². The maximum absolute atomic E-state index is 12.7. The van der Waals surface area contributed by atoms with Crippen molar-refractivity contribution < 1.29 is 18.0 Å². The average Bonchev–Trinajstić information content (AvgIpc) is 2.62. The van der Waals surface area contributed by atoms with E-state index in [2.05, 4.69) is 10.1 Å². The van der Waals surface area contributed by atoms with Crippen molar-refractivity contribution in [1.82, 2.24) is 9.78 Å². The number of hydrogen-bond acceptors (Lipinski definition) is 2. The molecule has 0 saturated carbocycles. The predicted molar refractivity (Wildman–Crippen MR) is 89.9 cm³/mol. The molecule has 0 bridgehead atoms. The lowest BCUT2D eigenvalue weighted by Gasteiger charge is -2.13. The van der Waals surface area contributed by atoms with Crippen LogP contribution in [0.1, 0.15) is 23.6 Å². The smallest absolute Gasteiger partial charge is 0.272 e. The summed E-state index contributed by atoms with van der Waals surface area (Å²) >= 11 is 0. The van der Waals surface area contributed by atoms with Gasteiger partial charge in [0.05, 0.1) is 29.6 Å². The Bertz CT molecular complexity index is 894. The monoisotopic (exact) mass is 359 g/mol. The van der Waals surface area contributed by atoms with Gasteiger partial charge < -0.3 is 0 Å². The Morgan fingerprint density at radius 2 is 2.00 bits per heavy atom. The van der Waals surface area contributed by atoms with Gasteiger partial charge in [0.2, 0.25) is 0 Å². The summed E-state index contributed by atoms with van der Waals surface area (Å²) in [5.41, 5.74) is -0.510. The SMILES string of the molecule is O=C(Cc1cccc(C(F)(F)F)c1)N=c1ccn(C2C=CCC=C2)nc1. The highest BCUT2D eigenvalue weighted by atomic mass is 19.4. The van der Waals surface area contributed by atoms with Crippen LogP contribution in [0.2, 0.25) is 0 Å². The Hall–Kier alpha value is -2.96. The van der Waals surface area contributed by atoms with E-state index in [1.165, 1.54) is 18.3 Å². The quantitative estimate of drug-likeness (QED) is 0.786. The Kier molecular flexibility index (Phi) is 5.16. The van der Waals surface area contributed by atoms with Crippen LogP contribution >= 0.6 is 0 Å². The van der Waals surface area contributed by atoms with E-state index in [-0.39, 0.29) is 18.0 Å². The third kappa shape index (κ3) is 4.56. The minimum Gasteiger partial charge on any atom is -0.272 e. The molecule has 26 heavy (non-hydrogen) atoms. The van der Waals surface area contributed by atoms with Gasteiger partial charge in [0.25, 0.3) is 5.91 Å². The molecule has 0 radical (unpaired) electrons. The van der Waals surface area contributed by atoms with Crippen molar-refractivity contribution in [2.24, 2.45) is 4.99 Å². The zero-order valence-corrected chi connectivity index (χ0v) is 13.7. The van der Waals surface area contributed by atoms with E-state index >= 15 is 0 Å². The molecule has 0 unspecified atom stereocenters. The topological polar surface area (TPSA) is 47.2 Å². The van der Waals surface area contributed by atoms with Crippen molar-refractivity contribution in [1.29, 1.82) is 0 Å². The van der Waals surface area contributed by atoms with Gasteiger partial charge in [0, 0.05) is 6.20 Å². The summed E-state index contributed by atoms with van der Waals surface area (Å²) in [6, 6.07) is 6.36. The Morgan fingerprint density at radius 1 is 1.23 bits per heavy atom. The van der Waals surface area contributed by atoms with Gasteiger partial charge in [-0.05, 0) is 24.1 Å². The number of rotatable bonds is 3. The number of nitrogens with zero attached hydrogens (tertiary/aromatic N) is 3. The first-order valence-corrected chi connectivity index (χ1v) is 8.03. The van der Waals surface area contributed by atoms with Crippen molar-refractivity contribution in [3.05, 3.63) is 83.5 Å². The number of alkyl halides is 3. The second kappa shape index (κ2) is 7.51. The van der Waals surface area contributed by atoms with E-state index in [0.29, 0.717) is 5.36 Å². The third-order valence-electron chi connectivity index (χ3n) is 3.83. The molecule has 3 rings (SSSR count). The lowest BCUT2D eigenvalue weighted by atomic mass is 10.1. The first-order valence-electron chi connectivity index (χ1n) is 8.03. The van der Waals surface area contributed by atoms with Crippen LogP contribution in [0.4, 0.5) is 13.2 Å². The minimum absolute atomic E-state index is 0.0265. The predicted octanol–water partition coefficient (Wildman–Crippen LogP) is 3.63. The summed E-state index contributed by atoms with van der Waals surface area (Å²) < 4.78 is 39.9. The summed E-state index contributed by atoms with van der Waals surface area (Å²) in [7, 11) is 0. The van der Waals surface area contributed by atoms with Crippen LogP contribution in [0.3, 0.4) is 0 Å². The highest BCUT2D eigenvalue weighted by Gasteiger charge is 2.30. The summed E-state index contributed by atoms with van der Waals surface area (Å²) in [6.07, 6.45) is 7.54. The number of allylic oxidation sites excluding steroid dienone is 4. The molecule has 7 heteroatoms. The standard InChI is InChI=1S/C19H16F3N3O/c20-19(21,22)15-6-4-5-14(11-15)12-18(26)24-16-9-10-25(23-13-16)17-7-2-1-3-8-17/h2-11,13,17H,1,12H2.